The van der Waals surface area contributed by atoms with Gasteiger partial charge in [0, 0.05) is 0 Å². The molecule has 0 aliphatic carbocycles. The van der Waals surface area contributed by atoms with E-state index in [1.807, 2.05) is 152 Å². The number of fused-ring (bicyclic) bond motifs is 3. The Morgan fingerprint density at radius 2 is 0.917 bits per heavy atom. The first kappa shape index (κ1) is 50.4. The van der Waals surface area contributed by atoms with Crippen LogP contribution in [0.3, 0.4) is 0 Å². The highest BCUT2D eigenvalue weighted by molar-refractivity contribution is 5.89. The van der Waals surface area contributed by atoms with Crippen LogP contribution in [0.1, 0.15) is 51.0 Å². The van der Waals surface area contributed by atoms with Crippen LogP contribution in [0.5, 0.6) is 0 Å². The molecule has 3 aliphatic heterocycles. The standard InChI is InChI=1S/C58H58O14/c59-48-31-32-49(60)70-53-51(46(38-62-33-40-19-7-1-8-20-40)68-57(67-37-44-27-15-5-16-28-44)55(53)71-56(61)45-29-17-6-18-30-45)72-58-54(66-36-43-25-13-4-14-26-43)52(65-35-42-23-11-3-12-24-42)50(47(69-58)39-63-48)64-34-41-21-9-2-10-22-41/h1-30,46-47,50-55,57-58H,31-39H2/t46-,47-,50-,51-,52+,53+,54+,55-,57+,58+/m0/s1. The van der Waals surface area contributed by atoms with Gasteiger partial charge in [-0.25, -0.2) is 4.79 Å². The van der Waals surface area contributed by atoms with E-state index in [1.54, 1.807) is 30.3 Å². The highest BCUT2D eigenvalue weighted by Gasteiger charge is 2.56. The second-order valence-corrected chi connectivity index (χ2v) is 17.6. The molecule has 0 saturated carbocycles. The molecule has 0 spiro atoms. The Morgan fingerprint density at radius 1 is 0.458 bits per heavy atom. The first-order valence-electron chi connectivity index (χ1n) is 24.2. The van der Waals surface area contributed by atoms with Gasteiger partial charge in [0.05, 0.1) is 58.0 Å². The zero-order valence-corrected chi connectivity index (χ0v) is 39.7. The van der Waals surface area contributed by atoms with Crippen molar-refractivity contribution in [1.82, 2.24) is 0 Å². The van der Waals surface area contributed by atoms with Crippen LogP contribution >= 0.6 is 0 Å². The number of cyclic esters (lactones) is 1. The smallest absolute Gasteiger partial charge is 0.338 e. The largest absolute Gasteiger partial charge is 0.463 e. The van der Waals surface area contributed by atoms with Gasteiger partial charge < -0.3 is 52.1 Å². The SMILES string of the molecule is O=C1CCC(=O)O[C@H]2[C@H](OC(=O)c3ccccc3)[C@H](OCc3ccccc3)O[C@@H](COCc3ccccc3)[C@@H]2O[C@H]2O[C@@H](CO1)[C@H](OCc1ccccc1)[C@@H](OCc1ccccc1)[C@H]2OCc1ccccc1. The van der Waals surface area contributed by atoms with E-state index >= 15 is 0 Å². The summed E-state index contributed by atoms with van der Waals surface area (Å²) in [4.78, 5) is 41.9. The summed E-state index contributed by atoms with van der Waals surface area (Å²) in [6, 6.07) is 56.4. The quantitative estimate of drug-likeness (QED) is 0.0598. The van der Waals surface area contributed by atoms with E-state index in [9.17, 15) is 14.4 Å². The fourth-order valence-corrected chi connectivity index (χ4v) is 8.76. The van der Waals surface area contributed by atoms with Crippen LogP contribution in [0.15, 0.2) is 182 Å². The molecule has 9 rings (SSSR count). The molecule has 14 heteroatoms. The maximum atomic E-state index is 14.2. The zero-order chi connectivity index (χ0) is 49.3. The van der Waals surface area contributed by atoms with Crippen molar-refractivity contribution in [2.45, 2.75) is 107 Å². The second kappa shape index (κ2) is 25.7. The number of carbonyl (C=O) groups is 3. The van der Waals surface area contributed by atoms with Crippen molar-refractivity contribution in [2.75, 3.05) is 13.2 Å². The van der Waals surface area contributed by atoms with E-state index < -0.39 is 79.3 Å². The Hall–Kier alpha value is -6.59. The van der Waals surface area contributed by atoms with E-state index in [1.165, 1.54) is 0 Å². The number of benzene rings is 6. The molecule has 0 radical (unpaired) electrons. The molecule has 3 fully saturated rings. The molecular formula is C58H58O14. The molecule has 3 heterocycles. The topological polar surface area (TPSA) is 153 Å². The fourth-order valence-electron chi connectivity index (χ4n) is 8.76. The Bertz CT molecular complexity index is 2570. The van der Waals surface area contributed by atoms with Crippen LogP contribution in [-0.4, -0.2) is 92.5 Å². The summed E-state index contributed by atoms with van der Waals surface area (Å²) in [5.74, 6) is -2.19. The van der Waals surface area contributed by atoms with Crippen molar-refractivity contribution in [2.24, 2.45) is 0 Å². The van der Waals surface area contributed by atoms with Gasteiger partial charge in [-0.1, -0.05) is 170 Å². The molecule has 0 amide bonds. The lowest BCUT2D eigenvalue weighted by atomic mass is 9.95. The monoisotopic (exact) mass is 978 g/mol. The number of rotatable bonds is 18. The van der Waals surface area contributed by atoms with Gasteiger partial charge in [0.15, 0.2) is 24.8 Å². The average molecular weight is 979 g/mol. The molecule has 3 aliphatic rings. The van der Waals surface area contributed by atoms with Crippen LogP contribution in [-0.2, 0) is 94.7 Å². The summed E-state index contributed by atoms with van der Waals surface area (Å²) < 4.78 is 73.0. The lowest BCUT2D eigenvalue weighted by Crippen LogP contribution is -2.66. The van der Waals surface area contributed by atoms with E-state index in [0.717, 1.165) is 27.8 Å². The van der Waals surface area contributed by atoms with Gasteiger partial charge in [0.2, 0.25) is 0 Å². The van der Waals surface area contributed by atoms with Crippen molar-refractivity contribution in [3.05, 3.63) is 215 Å². The zero-order valence-electron chi connectivity index (χ0n) is 39.7. The van der Waals surface area contributed by atoms with Crippen LogP contribution in [0, 0.1) is 0 Å². The molecule has 6 aromatic carbocycles. The third-order valence-corrected chi connectivity index (χ3v) is 12.4. The maximum Gasteiger partial charge on any atom is 0.338 e. The lowest BCUT2D eigenvalue weighted by Gasteiger charge is -2.49. The van der Waals surface area contributed by atoms with E-state index in [4.69, 9.17) is 52.1 Å². The molecular weight excluding hydrogens is 921 g/mol. The van der Waals surface area contributed by atoms with Crippen LogP contribution in [0.4, 0.5) is 0 Å². The Kier molecular flexibility index (Phi) is 18.0. The van der Waals surface area contributed by atoms with Crippen molar-refractivity contribution >= 4 is 17.9 Å². The van der Waals surface area contributed by atoms with Crippen molar-refractivity contribution < 1.29 is 66.5 Å². The molecule has 6 aromatic rings. The third-order valence-electron chi connectivity index (χ3n) is 12.4. The van der Waals surface area contributed by atoms with Crippen molar-refractivity contribution in [1.29, 1.82) is 0 Å². The summed E-state index contributed by atoms with van der Waals surface area (Å²) in [7, 11) is 0. The highest BCUT2D eigenvalue weighted by Crippen LogP contribution is 2.37. The average Bonchev–Trinajstić information content (AvgIpc) is 3.43. The first-order valence-corrected chi connectivity index (χ1v) is 24.2. The molecule has 14 nitrogen and oxygen atoms in total. The number of hydrogen-bond donors (Lipinski definition) is 0. The molecule has 72 heavy (non-hydrogen) atoms. The fraction of sp³-hybridized carbons (Fsp3) is 0.328. The van der Waals surface area contributed by atoms with Gasteiger partial charge in [-0.05, 0) is 39.9 Å². The number of esters is 3. The predicted octanol–water partition coefficient (Wildman–Crippen LogP) is 8.49. The highest BCUT2D eigenvalue weighted by atomic mass is 16.8. The van der Waals surface area contributed by atoms with Gasteiger partial charge in [0.1, 0.15) is 43.2 Å². The summed E-state index contributed by atoms with van der Waals surface area (Å²) in [5.41, 5.74) is 4.56. The molecule has 374 valence electrons. The molecule has 0 aromatic heterocycles. The molecule has 2 bridgehead atoms. The van der Waals surface area contributed by atoms with Gasteiger partial charge >= 0.3 is 17.9 Å². The van der Waals surface area contributed by atoms with E-state index in [-0.39, 0.29) is 64.7 Å². The number of carbonyl (C=O) groups excluding carboxylic acids is 3. The summed E-state index contributed by atoms with van der Waals surface area (Å²) >= 11 is 0. The predicted molar refractivity (Wildman–Crippen MR) is 260 cm³/mol. The minimum Gasteiger partial charge on any atom is -0.463 e. The number of ether oxygens (including phenoxy) is 11. The Balaban J connectivity index is 1.13. The maximum absolute atomic E-state index is 14.2. The summed E-state index contributed by atoms with van der Waals surface area (Å²) in [5, 5.41) is 0. The first-order chi connectivity index (χ1) is 35.4. The number of hydrogen-bond acceptors (Lipinski definition) is 14. The molecule has 0 unspecified atom stereocenters. The second-order valence-electron chi connectivity index (χ2n) is 17.6. The van der Waals surface area contributed by atoms with E-state index in [0.29, 0.717) is 0 Å². The Labute approximate surface area is 418 Å². The van der Waals surface area contributed by atoms with Crippen LogP contribution in [0.2, 0.25) is 0 Å². The minimum atomic E-state index is -1.44. The van der Waals surface area contributed by atoms with Gasteiger partial charge in [-0.15, -0.1) is 0 Å². The van der Waals surface area contributed by atoms with Crippen LogP contribution < -0.4 is 0 Å². The molecule has 3 saturated heterocycles. The van der Waals surface area contributed by atoms with E-state index in [2.05, 4.69) is 0 Å². The molecule has 10 atom stereocenters. The van der Waals surface area contributed by atoms with Gasteiger partial charge in [0.25, 0.3) is 0 Å². The Morgan fingerprint density at radius 3 is 1.46 bits per heavy atom. The van der Waals surface area contributed by atoms with Gasteiger partial charge in [-0.3, -0.25) is 9.59 Å². The minimum absolute atomic E-state index is 0.0358. The third kappa shape index (κ3) is 13.9. The van der Waals surface area contributed by atoms with Crippen molar-refractivity contribution in [3.63, 3.8) is 0 Å². The summed E-state index contributed by atoms with van der Waals surface area (Å²) in [6.07, 6.45) is -12.5. The normalized spacial score (nSPS) is 25.6. The van der Waals surface area contributed by atoms with Crippen LogP contribution in [0.25, 0.3) is 0 Å². The van der Waals surface area contributed by atoms with Gasteiger partial charge in [-0.2, -0.15) is 0 Å². The lowest BCUT2D eigenvalue weighted by molar-refractivity contribution is -0.370. The molecule has 0 N–H and O–H groups in total. The summed E-state index contributed by atoms with van der Waals surface area (Å²) in [6.45, 7) is 0.228. The van der Waals surface area contributed by atoms with Crippen molar-refractivity contribution in [3.8, 4) is 0 Å².